The predicted octanol–water partition coefficient (Wildman–Crippen LogP) is 3.61. The van der Waals surface area contributed by atoms with Gasteiger partial charge in [-0.15, -0.1) is 11.3 Å². The van der Waals surface area contributed by atoms with Crippen LogP contribution < -0.4 is 0 Å². The first kappa shape index (κ1) is 11.3. The van der Waals surface area contributed by atoms with Gasteiger partial charge in [0.25, 0.3) is 0 Å². The average molecular weight is 279 g/mol. The van der Waals surface area contributed by atoms with Crippen LogP contribution >= 0.6 is 11.3 Å². The van der Waals surface area contributed by atoms with E-state index in [1.165, 1.54) is 4.70 Å². The Bertz CT molecular complexity index is 900. The van der Waals surface area contributed by atoms with Crippen LogP contribution in [0.25, 0.3) is 31.8 Å². The van der Waals surface area contributed by atoms with Gasteiger partial charge in [-0.3, -0.25) is 0 Å². The van der Waals surface area contributed by atoms with Crippen molar-refractivity contribution in [2.75, 3.05) is 0 Å². The highest BCUT2D eigenvalue weighted by atomic mass is 32.1. The van der Waals surface area contributed by atoms with Crippen LogP contribution in [0.3, 0.4) is 0 Å². The zero-order chi connectivity index (χ0) is 13.5. The Morgan fingerprint density at radius 3 is 2.80 bits per heavy atom. The van der Waals surface area contributed by atoms with Gasteiger partial charge in [0.1, 0.15) is 0 Å². The molecule has 0 unspecified atom stereocenters. The van der Waals surface area contributed by atoms with E-state index in [-0.39, 0.29) is 5.88 Å². The van der Waals surface area contributed by atoms with Gasteiger partial charge in [0.05, 0.1) is 10.3 Å². The molecule has 0 saturated heterocycles. The Kier molecular flexibility index (Phi) is 2.40. The van der Waals surface area contributed by atoms with Crippen molar-refractivity contribution < 1.29 is 5.11 Å². The Morgan fingerprint density at radius 1 is 1.00 bits per heavy atom. The highest BCUT2D eigenvalue weighted by Gasteiger charge is 2.11. The van der Waals surface area contributed by atoms with Crippen molar-refractivity contribution >= 4 is 32.5 Å². The normalized spacial score (nSPS) is 11.2. The summed E-state index contributed by atoms with van der Waals surface area (Å²) >= 11 is 1.60. The van der Waals surface area contributed by atoms with Crippen molar-refractivity contribution in [2.45, 2.75) is 0 Å². The first-order valence-electron chi connectivity index (χ1n) is 6.12. The van der Waals surface area contributed by atoms with E-state index in [1.807, 2.05) is 18.2 Å². The van der Waals surface area contributed by atoms with E-state index in [0.717, 1.165) is 10.3 Å². The van der Waals surface area contributed by atoms with Crippen molar-refractivity contribution in [2.24, 2.45) is 0 Å². The van der Waals surface area contributed by atoms with Crippen LogP contribution in [0, 0.1) is 0 Å². The van der Waals surface area contributed by atoms with E-state index < -0.39 is 0 Å². The number of nitrogens with zero attached hydrogens (tertiary/aromatic N) is 3. The molecule has 20 heavy (non-hydrogen) atoms. The second-order valence-corrected chi connectivity index (χ2v) is 5.48. The minimum Gasteiger partial charge on any atom is -0.493 e. The minimum absolute atomic E-state index is 0.0319. The molecule has 3 aromatic heterocycles. The van der Waals surface area contributed by atoms with Gasteiger partial charge in [-0.1, -0.05) is 18.2 Å². The van der Waals surface area contributed by atoms with Crippen LogP contribution in [0.1, 0.15) is 0 Å². The van der Waals surface area contributed by atoms with Crippen molar-refractivity contribution in [3.8, 4) is 16.6 Å². The molecule has 0 atom stereocenters. The smallest absolute Gasteiger partial charge is 0.224 e. The van der Waals surface area contributed by atoms with E-state index in [4.69, 9.17) is 0 Å². The highest BCUT2D eigenvalue weighted by Crippen LogP contribution is 2.33. The largest absolute Gasteiger partial charge is 0.493 e. The zero-order valence-corrected chi connectivity index (χ0v) is 11.1. The van der Waals surface area contributed by atoms with Crippen LogP contribution in [0.4, 0.5) is 0 Å². The first-order chi connectivity index (χ1) is 9.81. The lowest BCUT2D eigenvalue weighted by molar-refractivity contribution is 0.460. The topological polar surface area (TPSA) is 58.9 Å². The standard InChI is InChI=1S/C15H9N3OS/c19-15-10-5-3-7-16-13(10)17-14(18-15)12-8-9-4-1-2-6-11(9)20-12/h1-8H,(H,16,17,18,19). The fraction of sp³-hybridized carbons (Fsp3) is 0. The minimum atomic E-state index is -0.0319. The Labute approximate surface area is 118 Å². The first-order valence-corrected chi connectivity index (χ1v) is 6.93. The third kappa shape index (κ3) is 1.71. The maximum atomic E-state index is 10.0. The van der Waals surface area contributed by atoms with Crippen molar-refractivity contribution in [3.05, 3.63) is 48.7 Å². The average Bonchev–Trinajstić information content (AvgIpc) is 2.91. The van der Waals surface area contributed by atoms with Crippen LogP contribution in [-0.4, -0.2) is 20.1 Å². The fourth-order valence-electron chi connectivity index (χ4n) is 2.15. The molecule has 1 N–H and O–H groups in total. The van der Waals surface area contributed by atoms with Crippen molar-refractivity contribution in [3.63, 3.8) is 0 Å². The number of aromatic hydroxyl groups is 1. The van der Waals surface area contributed by atoms with E-state index in [1.54, 1.807) is 29.7 Å². The fourth-order valence-corrected chi connectivity index (χ4v) is 3.15. The summed E-state index contributed by atoms with van der Waals surface area (Å²) in [6.07, 6.45) is 1.66. The molecule has 0 bridgehead atoms. The Balaban J connectivity index is 1.97. The summed E-state index contributed by atoms with van der Waals surface area (Å²) in [5.41, 5.74) is 0.507. The molecule has 0 aliphatic carbocycles. The van der Waals surface area contributed by atoms with Gasteiger partial charge in [-0.2, -0.15) is 4.98 Å². The van der Waals surface area contributed by atoms with Crippen LogP contribution in [0.15, 0.2) is 48.7 Å². The van der Waals surface area contributed by atoms with E-state index in [9.17, 15) is 5.11 Å². The number of fused-ring (bicyclic) bond motifs is 2. The van der Waals surface area contributed by atoms with Gasteiger partial charge in [-0.25, -0.2) is 9.97 Å². The van der Waals surface area contributed by atoms with Crippen LogP contribution in [0.5, 0.6) is 5.88 Å². The number of aromatic nitrogens is 3. The van der Waals surface area contributed by atoms with Gasteiger partial charge in [0, 0.05) is 10.9 Å². The molecule has 0 saturated carbocycles. The Morgan fingerprint density at radius 2 is 1.90 bits per heavy atom. The lowest BCUT2D eigenvalue weighted by atomic mass is 10.2. The molecule has 0 amide bonds. The number of thiophene rings is 1. The van der Waals surface area contributed by atoms with Gasteiger partial charge < -0.3 is 5.11 Å². The number of hydrogen-bond acceptors (Lipinski definition) is 5. The molecule has 0 aliphatic rings. The summed E-state index contributed by atoms with van der Waals surface area (Å²) in [7, 11) is 0. The molecule has 0 spiro atoms. The van der Waals surface area contributed by atoms with E-state index in [2.05, 4.69) is 27.1 Å². The maximum Gasteiger partial charge on any atom is 0.224 e. The lowest BCUT2D eigenvalue weighted by Gasteiger charge is -2.01. The van der Waals surface area contributed by atoms with Crippen molar-refractivity contribution in [1.82, 2.24) is 15.0 Å². The van der Waals surface area contributed by atoms with Crippen molar-refractivity contribution in [1.29, 1.82) is 0 Å². The summed E-state index contributed by atoms with van der Waals surface area (Å²) in [4.78, 5) is 13.7. The summed E-state index contributed by atoms with van der Waals surface area (Å²) in [6, 6.07) is 13.7. The maximum absolute atomic E-state index is 10.0. The summed E-state index contributed by atoms with van der Waals surface area (Å²) in [5.74, 6) is 0.477. The molecule has 5 heteroatoms. The van der Waals surface area contributed by atoms with E-state index in [0.29, 0.717) is 16.9 Å². The van der Waals surface area contributed by atoms with Gasteiger partial charge in [0.2, 0.25) is 5.88 Å². The molecule has 96 valence electrons. The molecule has 4 rings (SSSR count). The summed E-state index contributed by atoms with van der Waals surface area (Å²) in [6.45, 7) is 0. The van der Waals surface area contributed by atoms with Gasteiger partial charge in [0.15, 0.2) is 11.5 Å². The molecule has 0 radical (unpaired) electrons. The second kappa shape index (κ2) is 4.25. The third-order valence-electron chi connectivity index (χ3n) is 3.10. The Hall–Kier alpha value is -2.53. The zero-order valence-electron chi connectivity index (χ0n) is 10.3. The van der Waals surface area contributed by atoms with Gasteiger partial charge >= 0.3 is 0 Å². The monoisotopic (exact) mass is 279 g/mol. The third-order valence-corrected chi connectivity index (χ3v) is 4.21. The van der Waals surface area contributed by atoms with Crippen LogP contribution in [-0.2, 0) is 0 Å². The second-order valence-electron chi connectivity index (χ2n) is 4.39. The molecule has 4 nitrogen and oxygen atoms in total. The SMILES string of the molecule is Oc1nc(-c2cc3ccccc3s2)nc2ncccc12. The molecule has 3 heterocycles. The van der Waals surface area contributed by atoms with E-state index >= 15 is 0 Å². The lowest BCUT2D eigenvalue weighted by Crippen LogP contribution is -1.91. The number of rotatable bonds is 1. The molecular formula is C15H9N3OS. The summed E-state index contributed by atoms with van der Waals surface area (Å²) in [5, 5.41) is 11.7. The molecule has 0 aliphatic heterocycles. The highest BCUT2D eigenvalue weighted by molar-refractivity contribution is 7.22. The number of pyridine rings is 1. The van der Waals surface area contributed by atoms with Gasteiger partial charge in [-0.05, 0) is 29.7 Å². The molecular weight excluding hydrogens is 270 g/mol. The van der Waals surface area contributed by atoms with Crippen LogP contribution in [0.2, 0.25) is 0 Å². The number of hydrogen-bond donors (Lipinski definition) is 1. The summed E-state index contributed by atoms with van der Waals surface area (Å²) < 4.78 is 1.17. The molecule has 0 fully saturated rings. The molecule has 4 aromatic rings. The predicted molar refractivity (Wildman–Crippen MR) is 79.8 cm³/mol. The molecule has 1 aromatic carbocycles. The quantitative estimate of drug-likeness (QED) is 0.578. The number of benzene rings is 1.